The van der Waals surface area contributed by atoms with Gasteiger partial charge in [-0.15, -0.1) is 0 Å². The second-order valence-corrected chi connectivity index (χ2v) is 5.60. The van der Waals surface area contributed by atoms with Crippen LogP contribution in [0.3, 0.4) is 0 Å². The van der Waals surface area contributed by atoms with E-state index in [1.54, 1.807) is 0 Å². The number of nitrogens with one attached hydrogen (secondary N) is 1. The Hall–Kier alpha value is -2.13. The van der Waals surface area contributed by atoms with Gasteiger partial charge in [0.25, 0.3) is 0 Å². The minimum Gasteiger partial charge on any atom is -0.352 e. The normalized spacial score (nSPS) is 20.0. The first-order chi connectivity index (χ1) is 10.3. The van der Waals surface area contributed by atoms with Gasteiger partial charge in [-0.1, -0.05) is 54.6 Å². The van der Waals surface area contributed by atoms with Crippen LogP contribution >= 0.6 is 0 Å². The highest BCUT2D eigenvalue weighted by atomic mass is 16.2. The molecule has 0 heterocycles. The maximum Gasteiger partial charge on any atom is 0.224 e. The van der Waals surface area contributed by atoms with Crippen LogP contribution in [0.15, 0.2) is 54.6 Å². The van der Waals surface area contributed by atoms with Gasteiger partial charge < -0.3 is 11.1 Å². The lowest BCUT2D eigenvalue weighted by Crippen LogP contribution is -2.24. The summed E-state index contributed by atoms with van der Waals surface area (Å²) in [6.45, 7) is 1.10. The fourth-order valence-corrected chi connectivity index (χ4v) is 2.74. The molecule has 0 bridgehead atoms. The number of carbonyl (C=O) groups is 1. The SMILES string of the molecule is NCc1cccc(CNC(=O)C2CC2c2ccccc2)c1. The van der Waals surface area contributed by atoms with Crippen molar-refractivity contribution in [2.45, 2.75) is 25.4 Å². The third-order valence-corrected chi connectivity index (χ3v) is 4.05. The average molecular weight is 280 g/mol. The molecule has 1 amide bonds. The molecule has 0 aromatic heterocycles. The summed E-state index contributed by atoms with van der Waals surface area (Å²) in [6.07, 6.45) is 0.957. The van der Waals surface area contributed by atoms with Gasteiger partial charge in [-0.25, -0.2) is 0 Å². The lowest BCUT2D eigenvalue weighted by molar-refractivity contribution is -0.122. The van der Waals surface area contributed by atoms with Crippen LogP contribution in [-0.4, -0.2) is 5.91 Å². The molecule has 0 spiro atoms. The molecule has 1 aliphatic rings. The Labute approximate surface area is 125 Å². The Kier molecular flexibility index (Phi) is 4.02. The minimum atomic E-state index is 0.130. The standard InChI is InChI=1S/C18H20N2O/c19-11-13-5-4-6-14(9-13)12-20-18(21)17-10-16(17)15-7-2-1-3-8-15/h1-9,16-17H,10-12,19H2,(H,20,21). The molecule has 108 valence electrons. The van der Waals surface area contributed by atoms with Crippen molar-refractivity contribution < 1.29 is 4.79 Å². The highest BCUT2D eigenvalue weighted by molar-refractivity contribution is 5.82. The first-order valence-corrected chi connectivity index (χ1v) is 7.38. The van der Waals surface area contributed by atoms with Gasteiger partial charge in [-0.2, -0.15) is 0 Å². The zero-order valence-corrected chi connectivity index (χ0v) is 12.0. The van der Waals surface area contributed by atoms with Crippen molar-refractivity contribution in [3.8, 4) is 0 Å². The topological polar surface area (TPSA) is 55.1 Å². The maximum absolute atomic E-state index is 12.2. The summed E-state index contributed by atoms with van der Waals surface area (Å²) in [5.41, 5.74) is 9.09. The van der Waals surface area contributed by atoms with Crippen molar-refractivity contribution in [1.29, 1.82) is 0 Å². The van der Waals surface area contributed by atoms with Gasteiger partial charge in [0, 0.05) is 19.0 Å². The lowest BCUT2D eigenvalue weighted by Gasteiger charge is -2.06. The molecule has 2 aromatic rings. The van der Waals surface area contributed by atoms with Crippen LogP contribution in [0.25, 0.3) is 0 Å². The van der Waals surface area contributed by atoms with Crippen LogP contribution in [-0.2, 0) is 17.9 Å². The molecule has 2 atom stereocenters. The van der Waals surface area contributed by atoms with Crippen molar-refractivity contribution in [1.82, 2.24) is 5.32 Å². The van der Waals surface area contributed by atoms with Gasteiger partial charge in [0.05, 0.1) is 0 Å². The Morgan fingerprint density at radius 3 is 2.62 bits per heavy atom. The zero-order chi connectivity index (χ0) is 14.7. The molecule has 2 unspecified atom stereocenters. The molecule has 2 aromatic carbocycles. The van der Waals surface area contributed by atoms with Gasteiger partial charge in [-0.3, -0.25) is 4.79 Å². The molecular formula is C18H20N2O. The zero-order valence-electron chi connectivity index (χ0n) is 12.0. The van der Waals surface area contributed by atoms with Crippen molar-refractivity contribution in [3.63, 3.8) is 0 Å². The summed E-state index contributed by atoms with van der Waals surface area (Å²) >= 11 is 0. The van der Waals surface area contributed by atoms with Crippen LogP contribution in [0.4, 0.5) is 0 Å². The molecule has 1 fully saturated rings. The van der Waals surface area contributed by atoms with Crippen LogP contribution in [0.5, 0.6) is 0 Å². The molecule has 1 saturated carbocycles. The molecular weight excluding hydrogens is 260 g/mol. The Balaban J connectivity index is 1.54. The van der Waals surface area contributed by atoms with Crippen LogP contribution in [0.2, 0.25) is 0 Å². The number of hydrogen-bond acceptors (Lipinski definition) is 2. The molecule has 3 nitrogen and oxygen atoms in total. The number of carbonyl (C=O) groups excluding carboxylic acids is 1. The Morgan fingerprint density at radius 1 is 1.10 bits per heavy atom. The minimum absolute atomic E-state index is 0.130. The average Bonchev–Trinajstić information content (AvgIpc) is 3.34. The van der Waals surface area contributed by atoms with Crippen LogP contribution in [0, 0.1) is 5.92 Å². The summed E-state index contributed by atoms with van der Waals surface area (Å²) in [5, 5.41) is 3.03. The predicted octanol–water partition coefficient (Wildman–Crippen LogP) is 2.57. The lowest BCUT2D eigenvalue weighted by atomic mass is 10.1. The highest BCUT2D eigenvalue weighted by Crippen LogP contribution is 2.47. The van der Waals surface area contributed by atoms with E-state index in [2.05, 4.69) is 17.4 Å². The summed E-state index contributed by atoms with van der Waals surface area (Å²) in [7, 11) is 0. The molecule has 3 rings (SSSR count). The number of rotatable bonds is 5. The molecule has 0 saturated heterocycles. The van der Waals surface area contributed by atoms with Crippen molar-refractivity contribution in [3.05, 3.63) is 71.3 Å². The predicted molar refractivity (Wildman–Crippen MR) is 83.5 cm³/mol. The van der Waals surface area contributed by atoms with Gasteiger partial charge in [0.15, 0.2) is 0 Å². The largest absolute Gasteiger partial charge is 0.352 e. The fourth-order valence-electron chi connectivity index (χ4n) is 2.74. The van der Waals surface area contributed by atoms with E-state index in [0.29, 0.717) is 19.0 Å². The van der Waals surface area contributed by atoms with E-state index in [1.165, 1.54) is 5.56 Å². The van der Waals surface area contributed by atoms with E-state index in [1.807, 2.05) is 42.5 Å². The first-order valence-electron chi connectivity index (χ1n) is 7.38. The van der Waals surface area contributed by atoms with E-state index >= 15 is 0 Å². The van der Waals surface area contributed by atoms with Crippen molar-refractivity contribution in [2.75, 3.05) is 0 Å². The van der Waals surface area contributed by atoms with E-state index in [-0.39, 0.29) is 11.8 Å². The number of hydrogen-bond donors (Lipinski definition) is 2. The second kappa shape index (κ2) is 6.10. The molecule has 3 N–H and O–H groups in total. The second-order valence-electron chi connectivity index (χ2n) is 5.60. The third kappa shape index (κ3) is 3.31. The van der Waals surface area contributed by atoms with Crippen LogP contribution in [0.1, 0.15) is 29.0 Å². The molecule has 0 radical (unpaired) electrons. The first kappa shape index (κ1) is 13.8. The summed E-state index contributed by atoms with van der Waals surface area (Å²) < 4.78 is 0. The third-order valence-electron chi connectivity index (χ3n) is 4.05. The Morgan fingerprint density at radius 2 is 1.86 bits per heavy atom. The molecule has 1 aliphatic carbocycles. The number of amides is 1. The van der Waals surface area contributed by atoms with Gasteiger partial charge in [0.2, 0.25) is 5.91 Å². The van der Waals surface area contributed by atoms with Gasteiger partial charge in [0.1, 0.15) is 0 Å². The quantitative estimate of drug-likeness (QED) is 0.884. The molecule has 21 heavy (non-hydrogen) atoms. The summed E-state index contributed by atoms with van der Waals surface area (Å²) in [4.78, 5) is 12.2. The van der Waals surface area contributed by atoms with Crippen LogP contribution < -0.4 is 11.1 Å². The summed E-state index contributed by atoms with van der Waals surface area (Å²) in [5.74, 6) is 0.675. The molecule has 0 aliphatic heterocycles. The van der Waals surface area contributed by atoms with Gasteiger partial charge >= 0.3 is 0 Å². The monoisotopic (exact) mass is 280 g/mol. The maximum atomic E-state index is 12.2. The smallest absolute Gasteiger partial charge is 0.224 e. The highest BCUT2D eigenvalue weighted by Gasteiger charge is 2.43. The van der Waals surface area contributed by atoms with Crippen molar-refractivity contribution >= 4 is 5.91 Å². The van der Waals surface area contributed by atoms with E-state index in [4.69, 9.17) is 5.73 Å². The number of benzene rings is 2. The van der Waals surface area contributed by atoms with Crippen molar-refractivity contribution in [2.24, 2.45) is 11.7 Å². The van der Waals surface area contributed by atoms with E-state index in [0.717, 1.165) is 17.5 Å². The van der Waals surface area contributed by atoms with Gasteiger partial charge in [-0.05, 0) is 29.0 Å². The molecule has 3 heteroatoms. The van der Waals surface area contributed by atoms with E-state index < -0.39 is 0 Å². The van der Waals surface area contributed by atoms with E-state index in [9.17, 15) is 4.79 Å². The number of nitrogens with two attached hydrogens (primary N) is 1. The fraction of sp³-hybridized carbons (Fsp3) is 0.278. The Bertz CT molecular complexity index is 624. The summed E-state index contributed by atoms with van der Waals surface area (Å²) in [6, 6.07) is 18.3.